The zero-order valence-corrected chi connectivity index (χ0v) is 16.2. The van der Waals surface area contributed by atoms with Crippen LogP contribution in [0.15, 0.2) is 42.6 Å². The van der Waals surface area contributed by atoms with E-state index in [9.17, 15) is 9.18 Å². The second kappa shape index (κ2) is 7.86. The van der Waals surface area contributed by atoms with E-state index >= 15 is 0 Å². The molecule has 3 aromatic rings. The molecule has 0 atom stereocenters. The number of hydrogen-bond acceptors (Lipinski definition) is 6. The second-order valence-corrected chi connectivity index (χ2v) is 6.78. The predicted molar refractivity (Wildman–Crippen MR) is 105 cm³/mol. The number of halogens is 1. The van der Waals surface area contributed by atoms with E-state index in [1.165, 1.54) is 19.2 Å². The molecule has 1 aromatic carbocycles. The first kappa shape index (κ1) is 18.9. The van der Waals surface area contributed by atoms with Gasteiger partial charge in [-0.15, -0.1) is 10.2 Å². The van der Waals surface area contributed by atoms with Gasteiger partial charge in [0.15, 0.2) is 23.2 Å². The van der Waals surface area contributed by atoms with Crippen molar-refractivity contribution in [1.82, 2.24) is 24.9 Å². The quantitative estimate of drug-likeness (QED) is 0.672. The number of benzene rings is 1. The first-order valence-electron chi connectivity index (χ1n) is 9.29. The van der Waals surface area contributed by atoms with Gasteiger partial charge >= 0.3 is 0 Å². The van der Waals surface area contributed by atoms with Gasteiger partial charge in [0.05, 0.1) is 12.8 Å². The van der Waals surface area contributed by atoms with E-state index in [1.54, 1.807) is 15.6 Å². The van der Waals surface area contributed by atoms with Crippen molar-refractivity contribution >= 4 is 11.7 Å². The molecule has 1 amide bonds. The normalized spacial score (nSPS) is 14.2. The molecule has 0 radical (unpaired) electrons. The van der Waals surface area contributed by atoms with Crippen LogP contribution in [-0.2, 0) is 0 Å². The van der Waals surface area contributed by atoms with E-state index in [0.717, 1.165) is 11.5 Å². The molecule has 4 rings (SSSR count). The minimum Gasteiger partial charge on any atom is -0.494 e. The van der Waals surface area contributed by atoms with Crippen LogP contribution in [0, 0.1) is 12.7 Å². The van der Waals surface area contributed by atoms with E-state index in [2.05, 4.69) is 20.2 Å². The van der Waals surface area contributed by atoms with Crippen LogP contribution in [0.2, 0.25) is 0 Å². The van der Waals surface area contributed by atoms with Crippen LogP contribution in [0.5, 0.6) is 5.75 Å². The smallest absolute Gasteiger partial charge is 0.254 e. The third-order valence-corrected chi connectivity index (χ3v) is 4.88. The summed E-state index contributed by atoms with van der Waals surface area (Å²) >= 11 is 0. The minimum atomic E-state index is -0.542. The molecule has 1 aliphatic rings. The maximum Gasteiger partial charge on any atom is 0.254 e. The van der Waals surface area contributed by atoms with Crippen molar-refractivity contribution in [1.29, 1.82) is 0 Å². The monoisotopic (exact) mass is 396 g/mol. The molecule has 150 valence electrons. The number of piperazine rings is 1. The van der Waals surface area contributed by atoms with E-state index in [-0.39, 0.29) is 11.7 Å². The summed E-state index contributed by atoms with van der Waals surface area (Å²) in [4.78, 5) is 16.4. The summed E-state index contributed by atoms with van der Waals surface area (Å²) in [5.41, 5.74) is 1.23. The summed E-state index contributed by atoms with van der Waals surface area (Å²) < 4.78 is 20.5. The largest absolute Gasteiger partial charge is 0.494 e. The molecule has 0 aliphatic carbocycles. The molecular formula is C20H21FN6O2. The molecule has 0 spiro atoms. The number of hydrogen-bond donors (Lipinski definition) is 0. The highest BCUT2D eigenvalue weighted by Gasteiger charge is 2.24. The summed E-state index contributed by atoms with van der Waals surface area (Å²) in [6.45, 7) is 4.21. The van der Waals surface area contributed by atoms with Gasteiger partial charge in [-0.3, -0.25) is 4.79 Å². The third-order valence-electron chi connectivity index (χ3n) is 4.88. The fourth-order valence-corrected chi connectivity index (χ4v) is 3.27. The van der Waals surface area contributed by atoms with Crippen molar-refractivity contribution in [2.75, 3.05) is 38.2 Å². The minimum absolute atomic E-state index is 0.124. The molecule has 0 saturated carbocycles. The summed E-state index contributed by atoms with van der Waals surface area (Å²) in [5.74, 6) is 0.789. The third kappa shape index (κ3) is 3.89. The highest BCUT2D eigenvalue weighted by molar-refractivity contribution is 5.94. The van der Waals surface area contributed by atoms with Crippen molar-refractivity contribution in [2.24, 2.45) is 0 Å². The molecule has 8 nitrogen and oxygen atoms in total. The zero-order valence-electron chi connectivity index (χ0n) is 16.2. The van der Waals surface area contributed by atoms with Crippen LogP contribution < -0.4 is 9.64 Å². The predicted octanol–water partition coefficient (Wildman–Crippen LogP) is 2.08. The van der Waals surface area contributed by atoms with Crippen LogP contribution in [0.25, 0.3) is 5.82 Å². The molecule has 0 unspecified atom stereocenters. The molecular weight excluding hydrogens is 375 g/mol. The molecule has 29 heavy (non-hydrogen) atoms. The first-order valence-corrected chi connectivity index (χ1v) is 9.29. The Kier molecular flexibility index (Phi) is 5.11. The van der Waals surface area contributed by atoms with Gasteiger partial charge in [0.2, 0.25) is 0 Å². The van der Waals surface area contributed by atoms with Crippen LogP contribution >= 0.6 is 0 Å². The molecule has 1 fully saturated rings. The number of methoxy groups -OCH3 is 1. The number of aromatic nitrogens is 4. The molecule has 3 heterocycles. The maximum absolute atomic E-state index is 13.9. The highest BCUT2D eigenvalue weighted by atomic mass is 19.1. The Balaban J connectivity index is 1.39. The van der Waals surface area contributed by atoms with Gasteiger partial charge in [-0.2, -0.15) is 5.10 Å². The summed E-state index contributed by atoms with van der Waals surface area (Å²) in [6.07, 6.45) is 1.84. The Morgan fingerprint density at radius 2 is 1.76 bits per heavy atom. The lowest BCUT2D eigenvalue weighted by Crippen LogP contribution is -2.49. The van der Waals surface area contributed by atoms with Crippen molar-refractivity contribution in [2.45, 2.75) is 6.92 Å². The average Bonchev–Trinajstić information content (AvgIpc) is 3.20. The van der Waals surface area contributed by atoms with Crippen molar-refractivity contribution in [3.8, 4) is 11.6 Å². The van der Waals surface area contributed by atoms with Crippen LogP contribution in [-0.4, -0.2) is 64.1 Å². The molecule has 1 aliphatic heterocycles. The number of rotatable bonds is 4. The van der Waals surface area contributed by atoms with Gasteiger partial charge in [-0.05, 0) is 43.3 Å². The standard InChI is InChI=1S/C20H21FN6O2/c1-14-7-8-27(24-14)19-6-5-18(22-23-19)25-9-11-26(12-10-25)20(28)15-3-4-17(29-2)16(21)13-15/h3-8,13H,9-12H2,1-2H3. The second-order valence-electron chi connectivity index (χ2n) is 6.78. The van der Waals surface area contributed by atoms with Crippen LogP contribution in [0.3, 0.4) is 0 Å². The van der Waals surface area contributed by atoms with Crippen molar-refractivity contribution < 1.29 is 13.9 Å². The van der Waals surface area contributed by atoms with E-state index in [1.807, 2.05) is 31.3 Å². The number of nitrogens with zero attached hydrogens (tertiary/aromatic N) is 6. The Morgan fingerprint density at radius 3 is 2.34 bits per heavy atom. The Morgan fingerprint density at radius 1 is 1.03 bits per heavy atom. The van der Waals surface area contributed by atoms with E-state index in [4.69, 9.17) is 4.74 Å². The number of anilines is 1. The molecule has 0 bridgehead atoms. The van der Waals surface area contributed by atoms with Crippen molar-refractivity contribution in [3.05, 3.63) is 59.7 Å². The lowest BCUT2D eigenvalue weighted by atomic mass is 10.1. The molecule has 0 N–H and O–H groups in total. The zero-order chi connectivity index (χ0) is 20.4. The van der Waals surface area contributed by atoms with Gasteiger partial charge in [0.1, 0.15) is 0 Å². The molecule has 1 saturated heterocycles. The summed E-state index contributed by atoms with van der Waals surface area (Å²) in [5, 5.41) is 12.9. The lowest BCUT2D eigenvalue weighted by Gasteiger charge is -2.35. The van der Waals surface area contributed by atoms with Crippen LogP contribution in [0.1, 0.15) is 16.1 Å². The number of ether oxygens (including phenoxy) is 1. The fraction of sp³-hybridized carbons (Fsp3) is 0.300. The molecule has 2 aromatic heterocycles. The van der Waals surface area contributed by atoms with Gasteiger partial charge in [0.25, 0.3) is 5.91 Å². The van der Waals surface area contributed by atoms with Gasteiger partial charge in [-0.1, -0.05) is 0 Å². The highest BCUT2D eigenvalue weighted by Crippen LogP contribution is 2.20. The van der Waals surface area contributed by atoms with Crippen molar-refractivity contribution in [3.63, 3.8) is 0 Å². The van der Waals surface area contributed by atoms with Gasteiger partial charge in [-0.25, -0.2) is 9.07 Å². The summed E-state index contributed by atoms with van der Waals surface area (Å²) in [7, 11) is 1.39. The number of amides is 1. The molecule has 9 heteroatoms. The van der Waals surface area contributed by atoms with Crippen LogP contribution in [0.4, 0.5) is 10.2 Å². The van der Waals surface area contributed by atoms with Gasteiger partial charge < -0.3 is 14.5 Å². The first-order chi connectivity index (χ1) is 14.0. The number of carbonyl (C=O) groups is 1. The maximum atomic E-state index is 13.9. The number of carbonyl (C=O) groups excluding carboxylic acids is 1. The van der Waals surface area contributed by atoms with E-state index < -0.39 is 5.82 Å². The Hall–Kier alpha value is -3.49. The summed E-state index contributed by atoms with van der Waals surface area (Å²) in [6, 6.07) is 9.94. The average molecular weight is 396 g/mol. The van der Waals surface area contributed by atoms with E-state index in [0.29, 0.717) is 37.6 Å². The Bertz CT molecular complexity index is 1010. The topological polar surface area (TPSA) is 76.4 Å². The lowest BCUT2D eigenvalue weighted by molar-refractivity contribution is 0.0746. The number of aryl methyl sites for hydroxylation is 1. The Labute approximate surface area is 167 Å². The fourth-order valence-electron chi connectivity index (χ4n) is 3.27. The van der Waals surface area contributed by atoms with Gasteiger partial charge in [0, 0.05) is 37.9 Å². The SMILES string of the molecule is COc1ccc(C(=O)N2CCN(c3ccc(-n4ccc(C)n4)nn3)CC2)cc1F.